The quantitative estimate of drug-likeness (QED) is 0.740. The molecule has 0 aliphatic carbocycles. The summed E-state index contributed by atoms with van der Waals surface area (Å²) in [5.74, 6) is -0.248. The first-order valence-corrected chi connectivity index (χ1v) is 7.06. The van der Waals surface area contributed by atoms with Crippen LogP contribution in [0.5, 0.6) is 0 Å². The van der Waals surface area contributed by atoms with Crippen molar-refractivity contribution in [2.24, 2.45) is 0 Å². The summed E-state index contributed by atoms with van der Waals surface area (Å²) in [5, 5.41) is 0. The fourth-order valence-electron chi connectivity index (χ4n) is 1.82. The van der Waals surface area contributed by atoms with Crippen molar-refractivity contribution in [1.82, 2.24) is 4.90 Å². The standard InChI is InChI=1S/C14H25NO5/c1-5-6-12(16)19-10-11-9-18-8-7-15(11)13(17)20-14(2,3)4/h11H,5-10H2,1-4H3. The third kappa shape index (κ3) is 5.77. The summed E-state index contributed by atoms with van der Waals surface area (Å²) in [6, 6.07) is -0.278. The van der Waals surface area contributed by atoms with E-state index in [0.717, 1.165) is 6.42 Å². The van der Waals surface area contributed by atoms with Gasteiger partial charge in [0.25, 0.3) is 0 Å². The molecule has 1 fully saturated rings. The number of rotatable bonds is 4. The summed E-state index contributed by atoms with van der Waals surface area (Å²) < 4.78 is 15.9. The van der Waals surface area contributed by atoms with Gasteiger partial charge < -0.3 is 14.2 Å². The first kappa shape index (κ1) is 16.8. The third-order valence-corrected chi connectivity index (χ3v) is 2.75. The molecule has 0 N–H and O–H groups in total. The number of nitrogens with zero attached hydrogens (tertiary/aromatic N) is 1. The van der Waals surface area contributed by atoms with Crippen molar-refractivity contribution in [3.8, 4) is 0 Å². The largest absolute Gasteiger partial charge is 0.463 e. The molecule has 116 valence electrons. The lowest BCUT2D eigenvalue weighted by atomic mass is 10.2. The van der Waals surface area contributed by atoms with E-state index in [0.29, 0.717) is 26.2 Å². The zero-order valence-corrected chi connectivity index (χ0v) is 12.8. The van der Waals surface area contributed by atoms with E-state index in [1.54, 1.807) is 4.90 Å². The van der Waals surface area contributed by atoms with Crippen molar-refractivity contribution in [3.05, 3.63) is 0 Å². The zero-order valence-electron chi connectivity index (χ0n) is 12.8. The van der Waals surface area contributed by atoms with Crippen LogP contribution in [0.4, 0.5) is 4.79 Å². The number of carbonyl (C=O) groups excluding carboxylic acids is 2. The van der Waals surface area contributed by atoms with E-state index in [4.69, 9.17) is 14.2 Å². The van der Waals surface area contributed by atoms with E-state index in [1.807, 2.05) is 27.7 Å². The van der Waals surface area contributed by atoms with Gasteiger partial charge in [-0.1, -0.05) is 6.92 Å². The number of hydrogen-bond acceptors (Lipinski definition) is 5. The van der Waals surface area contributed by atoms with Gasteiger partial charge >= 0.3 is 12.1 Å². The van der Waals surface area contributed by atoms with Crippen LogP contribution in [0, 0.1) is 0 Å². The Morgan fingerprint density at radius 3 is 2.65 bits per heavy atom. The van der Waals surface area contributed by atoms with E-state index in [2.05, 4.69) is 0 Å². The number of hydrogen-bond donors (Lipinski definition) is 0. The van der Waals surface area contributed by atoms with Gasteiger partial charge in [0.05, 0.1) is 19.3 Å². The van der Waals surface area contributed by atoms with E-state index in [9.17, 15) is 9.59 Å². The van der Waals surface area contributed by atoms with E-state index >= 15 is 0 Å². The van der Waals surface area contributed by atoms with Crippen LogP contribution in [0.2, 0.25) is 0 Å². The van der Waals surface area contributed by atoms with Crippen LogP contribution in [0.3, 0.4) is 0 Å². The monoisotopic (exact) mass is 287 g/mol. The number of amides is 1. The number of carbonyl (C=O) groups is 2. The van der Waals surface area contributed by atoms with Gasteiger partial charge in [0.1, 0.15) is 12.2 Å². The molecule has 0 spiro atoms. The summed E-state index contributed by atoms with van der Waals surface area (Å²) in [6.45, 7) is 8.81. The molecule has 6 heteroatoms. The molecule has 0 saturated carbocycles. The molecular weight excluding hydrogens is 262 g/mol. The normalized spacial score (nSPS) is 19.6. The predicted molar refractivity (Wildman–Crippen MR) is 73.4 cm³/mol. The van der Waals surface area contributed by atoms with Crippen LogP contribution in [0.1, 0.15) is 40.5 Å². The van der Waals surface area contributed by atoms with Gasteiger partial charge in [0.15, 0.2) is 0 Å². The fourth-order valence-corrected chi connectivity index (χ4v) is 1.82. The Morgan fingerprint density at radius 1 is 1.35 bits per heavy atom. The first-order chi connectivity index (χ1) is 9.33. The van der Waals surface area contributed by atoms with E-state index in [-0.39, 0.29) is 18.6 Å². The maximum atomic E-state index is 12.1. The summed E-state index contributed by atoms with van der Waals surface area (Å²) in [6.07, 6.45) is 0.743. The summed E-state index contributed by atoms with van der Waals surface area (Å²) in [7, 11) is 0. The van der Waals surface area contributed by atoms with Crippen molar-refractivity contribution in [2.45, 2.75) is 52.2 Å². The number of morpholine rings is 1. The average Bonchev–Trinajstić information content (AvgIpc) is 2.35. The Hall–Kier alpha value is -1.30. The van der Waals surface area contributed by atoms with Gasteiger partial charge in [0.2, 0.25) is 0 Å². The molecule has 1 rings (SSSR count). The zero-order chi connectivity index (χ0) is 15.2. The molecule has 6 nitrogen and oxygen atoms in total. The third-order valence-electron chi connectivity index (χ3n) is 2.75. The summed E-state index contributed by atoms with van der Waals surface area (Å²) >= 11 is 0. The Morgan fingerprint density at radius 2 is 2.05 bits per heavy atom. The minimum absolute atomic E-state index is 0.151. The maximum Gasteiger partial charge on any atom is 0.410 e. The Bertz CT molecular complexity index is 337. The number of ether oxygens (including phenoxy) is 3. The van der Waals surface area contributed by atoms with Crippen LogP contribution < -0.4 is 0 Å². The van der Waals surface area contributed by atoms with Crippen molar-refractivity contribution in [1.29, 1.82) is 0 Å². The molecule has 1 saturated heterocycles. The molecule has 1 aliphatic heterocycles. The highest BCUT2D eigenvalue weighted by atomic mass is 16.6. The molecule has 0 aromatic carbocycles. The molecule has 0 bridgehead atoms. The molecule has 1 amide bonds. The van der Waals surface area contributed by atoms with Crippen LogP contribution in [0.15, 0.2) is 0 Å². The first-order valence-electron chi connectivity index (χ1n) is 7.06. The molecule has 1 atom stereocenters. The van der Waals surface area contributed by atoms with Crippen molar-refractivity contribution in [2.75, 3.05) is 26.4 Å². The predicted octanol–water partition coefficient (Wildman–Crippen LogP) is 1.97. The topological polar surface area (TPSA) is 65.1 Å². The lowest BCUT2D eigenvalue weighted by Crippen LogP contribution is -2.52. The molecular formula is C14H25NO5. The average molecular weight is 287 g/mol. The minimum Gasteiger partial charge on any atom is -0.463 e. The highest BCUT2D eigenvalue weighted by Crippen LogP contribution is 2.15. The molecule has 20 heavy (non-hydrogen) atoms. The lowest BCUT2D eigenvalue weighted by molar-refractivity contribution is -0.147. The SMILES string of the molecule is CCCC(=O)OCC1COCCN1C(=O)OC(C)(C)C. The Labute approximate surface area is 120 Å². The molecule has 1 heterocycles. The molecule has 1 unspecified atom stereocenters. The second-order valence-corrected chi connectivity index (χ2v) is 5.84. The van der Waals surface area contributed by atoms with Gasteiger partial charge in [-0.15, -0.1) is 0 Å². The summed E-state index contributed by atoms with van der Waals surface area (Å²) in [5.41, 5.74) is -0.543. The van der Waals surface area contributed by atoms with Gasteiger partial charge in [0, 0.05) is 13.0 Å². The fraction of sp³-hybridized carbons (Fsp3) is 0.857. The van der Waals surface area contributed by atoms with Crippen LogP contribution in [-0.4, -0.2) is 55.0 Å². The summed E-state index contributed by atoms with van der Waals surface area (Å²) in [4.78, 5) is 25.1. The highest BCUT2D eigenvalue weighted by molar-refractivity contribution is 5.70. The molecule has 1 aliphatic rings. The van der Waals surface area contributed by atoms with Gasteiger partial charge in [-0.05, 0) is 27.2 Å². The number of esters is 1. The van der Waals surface area contributed by atoms with Crippen molar-refractivity contribution in [3.63, 3.8) is 0 Å². The van der Waals surface area contributed by atoms with E-state index < -0.39 is 11.7 Å². The van der Waals surface area contributed by atoms with E-state index in [1.165, 1.54) is 0 Å². The van der Waals surface area contributed by atoms with Gasteiger partial charge in [-0.3, -0.25) is 9.69 Å². The lowest BCUT2D eigenvalue weighted by Gasteiger charge is -2.36. The molecule has 0 aromatic rings. The smallest absolute Gasteiger partial charge is 0.410 e. The Balaban J connectivity index is 2.53. The second-order valence-electron chi connectivity index (χ2n) is 5.84. The molecule has 0 aromatic heterocycles. The highest BCUT2D eigenvalue weighted by Gasteiger charge is 2.31. The van der Waals surface area contributed by atoms with Gasteiger partial charge in [-0.2, -0.15) is 0 Å². The van der Waals surface area contributed by atoms with Crippen molar-refractivity contribution >= 4 is 12.1 Å². The van der Waals surface area contributed by atoms with Crippen LogP contribution >= 0.6 is 0 Å². The second kappa shape index (κ2) is 7.47. The molecule has 0 radical (unpaired) electrons. The van der Waals surface area contributed by atoms with Gasteiger partial charge in [-0.25, -0.2) is 4.79 Å². The minimum atomic E-state index is -0.543. The van der Waals surface area contributed by atoms with Crippen molar-refractivity contribution < 1.29 is 23.8 Å². The Kier molecular flexibility index (Phi) is 6.26. The maximum absolute atomic E-state index is 12.1. The van der Waals surface area contributed by atoms with Crippen LogP contribution in [0.25, 0.3) is 0 Å². The van der Waals surface area contributed by atoms with Crippen LogP contribution in [-0.2, 0) is 19.0 Å².